The Morgan fingerprint density at radius 3 is 2.77 bits per heavy atom. The number of carbonyl (C=O) groups excluding carboxylic acids is 2. The molecule has 0 aliphatic rings. The third-order valence-corrected chi connectivity index (χ3v) is 2.92. The largest absolute Gasteiger partial charge is 0.359 e. The molecule has 0 fully saturated rings. The molecule has 1 N–H and O–H groups in total. The summed E-state index contributed by atoms with van der Waals surface area (Å²) in [6.07, 6.45) is 2.72. The highest BCUT2D eigenvalue weighted by Gasteiger charge is 2.07. The molecule has 0 heterocycles. The number of hydrogen-bond donors (Lipinski definition) is 1. The maximum Gasteiger partial charge on any atom is 0.207 e. The number of rotatable bonds is 7. The fourth-order valence-electron chi connectivity index (χ4n) is 0.987. The van der Waals surface area contributed by atoms with Crippen LogP contribution in [-0.2, 0) is 9.59 Å². The van der Waals surface area contributed by atoms with Crippen LogP contribution in [0.15, 0.2) is 0 Å². The number of hydrogen-bond acceptors (Lipinski definition) is 3. The molecular formula is C9H17NO2S. The molecule has 0 aromatic heterocycles. The van der Waals surface area contributed by atoms with Crippen molar-refractivity contribution in [1.82, 2.24) is 5.32 Å². The summed E-state index contributed by atoms with van der Waals surface area (Å²) in [6, 6.07) is 0. The Kier molecular flexibility index (Phi) is 7.79. The lowest BCUT2D eigenvalue weighted by Crippen LogP contribution is -2.17. The van der Waals surface area contributed by atoms with Gasteiger partial charge in [0, 0.05) is 19.2 Å². The van der Waals surface area contributed by atoms with Crippen LogP contribution in [-0.4, -0.2) is 23.8 Å². The van der Waals surface area contributed by atoms with Crippen molar-refractivity contribution in [1.29, 1.82) is 0 Å². The van der Waals surface area contributed by atoms with Gasteiger partial charge >= 0.3 is 0 Å². The van der Waals surface area contributed by atoms with E-state index in [4.69, 9.17) is 0 Å². The molecule has 0 spiro atoms. The molecule has 0 aliphatic heterocycles. The molecule has 0 aromatic rings. The zero-order chi connectivity index (χ0) is 10.1. The van der Waals surface area contributed by atoms with Gasteiger partial charge in [0.25, 0.3) is 0 Å². The Morgan fingerprint density at radius 1 is 1.62 bits per heavy atom. The Hall–Kier alpha value is -0.510. The first-order valence-electron chi connectivity index (χ1n) is 4.51. The summed E-state index contributed by atoms with van der Waals surface area (Å²) in [5.74, 6) is 1.40. The van der Waals surface area contributed by atoms with Crippen molar-refractivity contribution in [2.24, 2.45) is 5.92 Å². The highest BCUT2D eigenvalue weighted by molar-refractivity contribution is 8.13. The van der Waals surface area contributed by atoms with E-state index in [9.17, 15) is 9.59 Å². The van der Waals surface area contributed by atoms with Gasteiger partial charge in [-0.15, -0.1) is 0 Å². The predicted molar refractivity (Wildman–Crippen MR) is 55.6 cm³/mol. The Balaban J connectivity index is 3.50. The smallest absolute Gasteiger partial charge is 0.207 e. The van der Waals surface area contributed by atoms with Crippen LogP contribution in [0.25, 0.3) is 0 Å². The summed E-state index contributed by atoms with van der Waals surface area (Å²) in [5.41, 5.74) is 0. The Morgan fingerprint density at radius 2 is 2.31 bits per heavy atom. The standard InChI is InChI=1S/C9H17NO2S/c1-3-9(4-5-10-7-11)6-13-8(2)12/h7,9H,3-6H2,1-2H3,(H,10,11). The normalized spacial score (nSPS) is 12.2. The Labute approximate surface area is 83.7 Å². The van der Waals surface area contributed by atoms with Crippen LogP contribution in [0.4, 0.5) is 0 Å². The van der Waals surface area contributed by atoms with Crippen LogP contribution in [0.3, 0.4) is 0 Å². The summed E-state index contributed by atoms with van der Waals surface area (Å²) in [7, 11) is 0. The fraction of sp³-hybridized carbons (Fsp3) is 0.778. The van der Waals surface area contributed by atoms with Gasteiger partial charge in [-0.3, -0.25) is 9.59 Å². The second kappa shape index (κ2) is 8.10. The van der Waals surface area contributed by atoms with E-state index in [2.05, 4.69) is 12.2 Å². The minimum absolute atomic E-state index is 0.168. The lowest BCUT2D eigenvalue weighted by Gasteiger charge is -2.12. The van der Waals surface area contributed by atoms with E-state index in [1.165, 1.54) is 11.8 Å². The summed E-state index contributed by atoms with van der Waals surface area (Å²) in [6.45, 7) is 4.40. The highest BCUT2D eigenvalue weighted by atomic mass is 32.2. The van der Waals surface area contributed by atoms with E-state index in [1.807, 2.05) is 0 Å². The summed E-state index contributed by atoms with van der Waals surface area (Å²) >= 11 is 1.37. The van der Waals surface area contributed by atoms with E-state index in [1.54, 1.807) is 6.92 Å². The quantitative estimate of drug-likeness (QED) is 0.503. The molecule has 1 atom stereocenters. The van der Waals surface area contributed by atoms with Gasteiger partial charge in [0.1, 0.15) is 0 Å². The van der Waals surface area contributed by atoms with E-state index in [0.29, 0.717) is 18.9 Å². The molecule has 1 unspecified atom stereocenters. The van der Waals surface area contributed by atoms with Crippen LogP contribution >= 0.6 is 11.8 Å². The molecule has 0 saturated heterocycles. The van der Waals surface area contributed by atoms with Crippen molar-refractivity contribution in [3.8, 4) is 0 Å². The van der Waals surface area contributed by atoms with E-state index < -0.39 is 0 Å². The number of thioether (sulfide) groups is 1. The lowest BCUT2D eigenvalue weighted by molar-refractivity contribution is -0.110. The first kappa shape index (κ1) is 12.5. The third kappa shape index (κ3) is 7.84. The minimum Gasteiger partial charge on any atom is -0.359 e. The molecular weight excluding hydrogens is 186 g/mol. The van der Waals surface area contributed by atoms with Crippen molar-refractivity contribution in [2.45, 2.75) is 26.7 Å². The second-order valence-corrected chi connectivity index (χ2v) is 4.13. The van der Waals surface area contributed by atoms with Gasteiger partial charge in [0.05, 0.1) is 0 Å². The molecule has 3 nitrogen and oxygen atoms in total. The number of amides is 1. The minimum atomic E-state index is 0.168. The summed E-state index contributed by atoms with van der Waals surface area (Å²) in [5, 5.41) is 2.79. The maximum atomic E-state index is 10.7. The molecule has 0 aliphatic carbocycles. The molecule has 0 bridgehead atoms. The van der Waals surface area contributed by atoms with Gasteiger partial charge in [-0.2, -0.15) is 0 Å². The van der Waals surface area contributed by atoms with Crippen LogP contribution in [0.5, 0.6) is 0 Å². The monoisotopic (exact) mass is 203 g/mol. The van der Waals surface area contributed by atoms with Gasteiger partial charge in [0.15, 0.2) is 5.12 Å². The van der Waals surface area contributed by atoms with E-state index in [0.717, 1.165) is 18.6 Å². The third-order valence-electron chi connectivity index (χ3n) is 1.88. The average molecular weight is 203 g/mol. The summed E-state index contributed by atoms with van der Waals surface area (Å²) < 4.78 is 0. The van der Waals surface area contributed by atoms with Crippen molar-refractivity contribution < 1.29 is 9.59 Å². The van der Waals surface area contributed by atoms with Crippen LogP contribution in [0.2, 0.25) is 0 Å². The van der Waals surface area contributed by atoms with Crippen molar-refractivity contribution >= 4 is 23.3 Å². The predicted octanol–water partition coefficient (Wildman–Crippen LogP) is 1.43. The molecule has 0 rings (SSSR count). The number of carbonyl (C=O) groups is 2. The average Bonchev–Trinajstić information content (AvgIpc) is 2.10. The maximum absolute atomic E-state index is 10.7. The fourth-order valence-corrected chi connectivity index (χ4v) is 1.86. The van der Waals surface area contributed by atoms with Gasteiger partial charge in [-0.1, -0.05) is 25.1 Å². The van der Waals surface area contributed by atoms with E-state index in [-0.39, 0.29) is 5.12 Å². The Bertz CT molecular complexity index is 162. The molecule has 1 amide bonds. The molecule has 0 saturated carbocycles. The number of nitrogens with one attached hydrogen (secondary N) is 1. The SMILES string of the molecule is CCC(CCNC=O)CSC(C)=O. The van der Waals surface area contributed by atoms with Gasteiger partial charge < -0.3 is 5.32 Å². The topological polar surface area (TPSA) is 46.2 Å². The zero-order valence-electron chi connectivity index (χ0n) is 8.21. The lowest BCUT2D eigenvalue weighted by atomic mass is 10.1. The zero-order valence-corrected chi connectivity index (χ0v) is 9.02. The summed E-state index contributed by atoms with van der Waals surface area (Å²) in [4.78, 5) is 20.7. The van der Waals surface area contributed by atoms with Crippen LogP contribution < -0.4 is 5.32 Å². The van der Waals surface area contributed by atoms with Gasteiger partial charge in [-0.05, 0) is 12.3 Å². The van der Waals surface area contributed by atoms with Crippen molar-refractivity contribution in [3.05, 3.63) is 0 Å². The van der Waals surface area contributed by atoms with Crippen LogP contribution in [0.1, 0.15) is 26.7 Å². The molecule has 4 heteroatoms. The first-order valence-corrected chi connectivity index (χ1v) is 5.49. The molecule has 0 radical (unpaired) electrons. The molecule has 13 heavy (non-hydrogen) atoms. The van der Waals surface area contributed by atoms with E-state index >= 15 is 0 Å². The molecule has 0 aromatic carbocycles. The van der Waals surface area contributed by atoms with Crippen molar-refractivity contribution in [2.75, 3.05) is 12.3 Å². The first-order chi connectivity index (χ1) is 6.20. The van der Waals surface area contributed by atoms with Crippen molar-refractivity contribution in [3.63, 3.8) is 0 Å². The second-order valence-electron chi connectivity index (χ2n) is 2.94. The molecule has 76 valence electrons. The van der Waals surface area contributed by atoms with Gasteiger partial charge in [0.2, 0.25) is 6.41 Å². The van der Waals surface area contributed by atoms with Gasteiger partial charge in [-0.25, -0.2) is 0 Å². The highest BCUT2D eigenvalue weighted by Crippen LogP contribution is 2.15. The van der Waals surface area contributed by atoms with Crippen LogP contribution in [0, 0.1) is 5.92 Å².